The molecule has 1 atom stereocenters. The van der Waals surface area contributed by atoms with Crippen molar-refractivity contribution in [1.82, 2.24) is 30.3 Å². The Labute approximate surface area is 234 Å². The van der Waals surface area contributed by atoms with E-state index in [1.54, 1.807) is 38.2 Å². The number of allylic oxidation sites excluding steroid dienone is 1. The van der Waals surface area contributed by atoms with Crippen LogP contribution < -0.4 is 20.9 Å². The van der Waals surface area contributed by atoms with E-state index in [1.165, 1.54) is 9.80 Å². The first kappa shape index (κ1) is 29.6. The lowest BCUT2D eigenvalue weighted by Crippen LogP contribution is -2.49. The number of carbonyl (C=O) groups excluding carboxylic acids is 3. The van der Waals surface area contributed by atoms with Crippen molar-refractivity contribution in [3.05, 3.63) is 46.7 Å². The standard InChI is InChI=1S/C25H32F3N9O4/c1-17-10-18(37(17)41)12-35(16-39)24(40)22-23(29-2)31-15-36(22)19(13-38)11-30-20-4-3-5-21(32-20)34-8-6-33(7-9-34)14-25(26,27)28/h3-5,10,13,16,19,29,31H,6-9,11-12,14-15H2,1-2H3,(H,30,32). The van der Waals surface area contributed by atoms with Gasteiger partial charge in [-0.3, -0.25) is 19.4 Å². The van der Waals surface area contributed by atoms with E-state index < -0.39 is 24.7 Å². The van der Waals surface area contributed by atoms with Gasteiger partial charge in [-0.25, -0.2) is 4.98 Å². The first-order valence-corrected chi connectivity index (χ1v) is 12.9. The summed E-state index contributed by atoms with van der Waals surface area (Å²) in [4.78, 5) is 47.5. The molecule has 41 heavy (non-hydrogen) atoms. The Kier molecular flexibility index (Phi) is 9.00. The minimum absolute atomic E-state index is 0.0590. The van der Waals surface area contributed by atoms with Crippen molar-refractivity contribution in [3.63, 3.8) is 0 Å². The molecule has 0 spiro atoms. The van der Waals surface area contributed by atoms with Crippen molar-refractivity contribution in [2.45, 2.75) is 19.1 Å². The molecule has 1 aromatic rings. The van der Waals surface area contributed by atoms with Crippen molar-refractivity contribution in [2.75, 3.05) is 69.7 Å². The quantitative estimate of drug-likeness (QED) is 0.173. The van der Waals surface area contributed by atoms with Crippen LogP contribution in [0.15, 0.2) is 41.5 Å². The Hall–Kier alpha value is -4.34. The number of nitrogens with one attached hydrogen (secondary N) is 3. The second kappa shape index (κ2) is 12.4. The molecule has 3 N–H and O–H groups in total. The average Bonchev–Trinajstić information content (AvgIpc) is 3.38. The van der Waals surface area contributed by atoms with E-state index in [2.05, 4.69) is 20.9 Å². The Morgan fingerprint density at radius 1 is 1.27 bits per heavy atom. The number of hydrogen-bond donors (Lipinski definition) is 3. The highest BCUT2D eigenvalue weighted by Crippen LogP contribution is 2.22. The predicted octanol–water partition coefficient (Wildman–Crippen LogP) is -0.150. The molecule has 4 rings (SSSR count). The predicted molar refractivity (Wildman–Crippen MR) is 143 cm³/mol. The molecule has 0 radical (unpaired) electrons. The first-order valence-electron chi connectivity index (χ1n) is 12.9. The van der Waals surface area contributed by atoms with Gasteiger partial charge in [0.1, 0.15) is 42.0 Å². The van der Waals surface area contributed by atoms with Gasteiger partial charge in [0.05, 0.1) is 19.3 Å². The lowest BCUT2D eigenvalue weighted by atomic mass is 10.2. The van der Waals surface area contributed by atoms with Gasteiger partial charge in [-0.2, -0.15) is 17.9 Å². The summed E-state index contributed by atoms with van der Waals surface area (Å²) >= 11 is 0. The first-order chi connectivity index (χ1) is 19.5. The van der Waals surface area contributed by atoms with E-state index in [0.717, 1.165) is 4.90 Å². The number of nitrogens with zero attached hydrogens (tertiary/aromatic N) is 6. The van der Waals surface area contributed by atoms with Gasteiger partial charge in [0.2, 0.25) is 12.1 Å². The minimum Gasteiger partial charge on any atom is -0.618 e. The molecule has 1 aromatic heterocycles. The van der Waals surface area contributed by atoms with E-state index in [4.69, 9.17) is 0 Å². The third kappa shape index (κ3) is 6.87. The van der Waals surface area contributed by atoms with Crippen LogP contribution >= 0.6 is 0 Å². The van der Waals surface area contributed by atoms with E-state index in [9.17, 15) is 32.8 Å². The number of hydroxylamine groups is 1. The van der Waals surface area contributed by atoms with Crippen LogP contribution in [-0.2, 0) is 14.4 Å². The normalized spacial score (nSPS) is 18.4. The minimum atomic E-state index is -4.24. The van der Waals surface area contributed by atoms with Crippen LogP contribution in [0.5, 0.6) is 0 Å². The zero-order valence-electron chi connectivity index (χ0n) is 22.6. The summed E-state index contributed by atoms with van der Waals surface area (Å²) in [6.45, 7) is 1.89. The average molecular weight is 580 g/mol. The summed E-state index contributed by atoms with van der Waals surface area (Å²) in [5, 5.41) is 20.9. The number of rotatable bonds is 12. The monoisotopic (exact) mass is 579 g/mol. The summed E-state index contributed by atoms with van der Waals surface area (Å²) in [6.07, 6.45) is -1.65. The van der Waals surface area contributed by atoms with Crippen LogP contribution in [0.4, 0.5) is 24.8 Å². The maximum Gasteiger partial charge on any atom is 0.401 e. The van der Waals surface area contributed by atoms with Gasteiger partial charge in [0.25, 0.3) is 5.91 Å². The molecule has 3 aliphatic rings. The molecule has 0 aromatic carbocycles. The molecule has 0 saturated carbocycles. The SMILES string of the molecule is CNC1=C(C(=O)N(C=O)CC2=[N+]([O-])C(C)=C2)N(C(C=O)CNc2cccc(N3CCN(CC(F)(F)F)CC3)n2)CN1. The molecule has 0 bridgehead atoms. The second-order valence-electron chi connectivity index (χ2n) is 9.73. The fraction of sp³-hybridized carbons (Fsp3) is 0.480. The van der Waals surface area contributed by atoms with E-state index in [0.29, 0.717) is 53.7 Å². The number of piperazine rings is 1. The molecular formula is C25H32F3N9O4. The number of hydrogen-bond acceptors (Lipinski definition) is 11. The topological polar surface area (TPSA) is 139 Å². The fourth-order valence-electron chi connectivity index (χ4n) is 4.81. The summed E-state index contributed by atoms with van der Waals surface area (Å²) in [6, 6.07) is 4.37. The Bertz CT molecular complexity index is 1260. The fourth-order valence-corrected chi connectivity index (χ4v) is 4.81. The molecule has 0 aliphatic carbocycles. The Morgan fingerprint density at radius 3 is 2.59 bits per heavy atom. The number of aldehydes is 1. The summed E-state index contributed by atoms with van der Waals surface area (Å²) in [7, 11) is 1.59. The number of alkyl halides is 3. The Balaban J connectivity index is 1.40. The maximum atomic E-state index is 13.4. The molecule has 3 aliphatic heterocycles. The number of carbonyl (C=O) groups is 3. The largest absolute Gasteiger partial charge is 0.618 e. The highest BCUT2D eigenvalue weighted by Gasteiger charge is 2.37. The number of anilines is 2. The van der Waals surface area contributed by atoms with Crippen molar-refractivity contribution in [2.24, 2.45) is 0 Å². The van der Waals surface area contributed by atoms with Gasteiger partial charge in [-0.15, -0.1) is 0 Å². The van der Waals surface area contributed by atoms with Crippen molar-refractivity contribution >= 4 is 36.0 Å². The number of halogens is 3. The van der Waals surface area contributed by atoms with Crippen LogP contribution in [0.1, 0.15) is 6.92 Å². The lowest BCUT2D eigenvalue weighted by molar-refractivity contribution is -0.414. The number of aromatic nitrogens is 1. The van der Waals surface area contributed by atoms with Crippen molar-refractivity contribution in [1.29, 1.82) is 0 Å². The van der Waals surface area contributed by atoms with Crippen LogP contribution in [0, 0.1) is 5.21 Å². The van der Waals surface area contributed by atoms with E-state index in [1.807, 2.05) is 4.90 Å². The molecule has 16 heteroatoms. The summed E-state index contributed by atoms with van der Waals surface area (Å²) in [5.74, 6) is 0.665. The third-order valence-corrected chi connectivity index (χ3v) is 6.96. The van der Waals surface area contributed by atoms with Gasteiger partial charge in [-0.05, 0) is 12.1 Å². The van der Waals surface area contributed by atoms with Crippen LogP contribution in [-0.4, -0.2) is 120 Å². The second-order valence-corrected chi connectivity index (χ2v) is 9.73. The zero-order valence-corrected chi connectivity index (χ0v) is 22.6. The summed E-state index contributed by atoms with van der Waals surface area (Å²) < 4.78 is 38.7. The van der Waals surface area contributed by atoms with E-state index in [-0.39, 0.29) is 44.3 Å². The van der Waals surface area contributed by atoms with Gasteiger partial charge in [-0.1, -0.05) is 6.07 Å². The van der Waals surface area contributed by atoms with Gasteiger partial charge < -0.3 is 35.8 Å². The number of pyridine rings is 1. The molecule has 2 amide bonds. The molecule has 222 valence electrons. The smallest absolute Gasteiger partial charge is 0.401 e. The van der Waals surface area contributed by atoms with Gasteiger partial charge >= 0.3 is 6.18 Å². The summed E-state index contributed by atoms with van der Waals surface area (Å²) in [5.41, 5.74) is 0.787. The zero-order chi connectivity index (χ0) is 29.7. The van der Waals surface area contributed by atoms with Gasteiger partial charge in [0, 0.05) is 46.7 Å². The van der Waals surface area contributed by atoms with E-state index >= 15 is 0 Å². The molecule has 1 unspecified atom stereocenters. The number of amides is 2. The van der Waals surface area contributed by atoms with Crippen LogP contribution in [0.2, 0.25) is 0 Å². The van der Waals surface area contributed by atoms with Crippen LogP contribution in [0.3, 0.4) is 0 Å². The molecule has 1 fully saturated rings. The highest BCUT2D eigenvalue weighted by atomic mass is 19.4. The number of imide groups is 1. The molecule has 13 nitrogen and oxygen atoms in total. The molecule has 4 heterocycles. The van der Waals surface area contributed by atoms with Crippen molar-refractivity contribution in [3.8, 4) is 0 Å². The van der Waals surface area contributed by atoms with Gasteiger partial charge in [0.15, 0.2) is 5.70 Å². The van der Waals surface area contributed by atoms with Crippen molar-refractivity contribution < 1.29 is 32.3 Å². The molecular weight excluding hydrogens is 547 g/mol. The lowest BCUT2D eigenvalue weighted by Gasteiger charge is -2.35. The molecule has 1 saturated heterocycles. The maximum absolute atomic E-state index is 13.4. The highest BCUT2D eigenvalue weighted by molar-refractivity contribution is 6.05. The third-order valence-electron chi connectivity index (χ3n) is 6.96. The Morgan fingerprint density at radius 2 is 2.00 bits per heavy atom. The van der Waals surface area contributed by atoms with Crippen LogP contribution in [0.25, 0.3) is 0 Å².